The second-order valence-electron chi connectivity index (χ2n) is 8.73. The summed E-state index contributed by atoms with van der Waals surface area (Å²) in [5.74, 6) is 2.32. The van der Waals surface area contributed by atoms with Gasteiger partial charge in [-0.05, 0) is 79.9 Å². The third-order valence-corrected chi connectivity index (χ3v) is 7.91. The van der Waals surface area contributed by atoms with Gasteiger partial charge in [0.1, 0.15) is 5.76 Å². The summed E-state index contributed by atoms with van der Waals surface area (Å²) >= 11 is 0. The minimum Gasteiger partial charge on any atom is -0.508 e. The summed E-state index contributed by atoms with van der Waals surface area (Å²) < 4.78 is 0. The number of fused-ring (bicyclic) bond motifs is 5. The van der Waals surface area contributed by atoms with Crippen LogP contribution in [0.25, 0.3) is 0 Å². The Hall–Kier alpha value is -1.02. The van der Waals surface area contributed by atoms with Gasteiger partial charge in [-0.25, -0.2) is 0 Å². The summed E-state index contributed by atoms with van der Waals surface area (Å²) in [6.45, 7) is 6.72. The molecule has 4 aliphatic carbocycles. The van der Waals surface area contributed by atoms with E-state index in [9.17, 15) is 10.2 Å². The summed E-state index contributed by atoms with van der Waals surface area (Å²) in [5.41, 5.74) is 0.924. The van der Waals surface area contributed by atoms with Crippen molar-refractivity contribution in [1.29, 1.82) is 0 Å². The highest BCUT2D eigenvalue weighted by Gasteiger charge is 2.61. The molecule has 2 N–H and O–H groups in total. The summed E-state index contributed by atoms with van der Waals surface area (Å²) in [5, 5.41) is 20.7. The average molecular weight is 300 g/mol. The van der Waals surface area contributed by atoms with Crippen LogP contribution in [0.15, 0.2) is 35.6 Å². The fraction of sp³-hybridized carbons (Fsp3) is 0.700. The second kappa shape index (κ2) is 4.29. The van der Waals surface area contributed by atoms with Crippen LogP contribution in [0.5, 0.6) is 0 Å². The molecule has 22 heavy (non-hydrogen) atoms. The van der Waals surface area contributed by atoms with Crippen molar-refractivity contribution in [3.05, 3.63) is 35.6 Å². The number of hydrogen-bond donors (Lipinski definition) is 2. The molecule has 4 rings (SSSR count). The van der Waals surface area contributed by atoms with Crippen molar-refractivity contribution in [1.82, 2.24) is 0 Å². The van der Waals surface area contributed by atoms with Gasteiger partial charge in [-0.2, -0.15) is 0 Å². The molecule has 0 bridgehead atoms. The fourth-order valence-corrected chi connectivity index (χ4v) is 6.20. The van der Waals surface area contributed by atoms with E-state index in [4.69, 9.17) is 0 Å². The van der Waals surface area contributed by atoms with Gasteiger partial charge < -0.3 is 10.2 Å². The van der Waals surface area contributed by atoms with E-state index in [1.165, 1.54) is 12.0 Å². The van der Waals surface area contributed by atoms with E-state index in [1.54, 1.807) is 0 Å². The van der Waals surface area contributed by atoms with Gasteiger partial charge in [0.2, 0.25) is 0 Å². The number of aliphatic hydroxyl groups excluding tert-OH is 1. The minimum atomic E-state index is -0.506. The van der Waals surface area contributed by atoms with E-state index in [1.807, 2.05) is 12.2 Å². The van der Waals surface area contributed by atoms with Crippen molar-refractivity contribution < 1.29 is 10.2 Å². The molecule has 0 aliphatic heterocycles. The first kappa shape index (κ1) is 14.6. The Bertz CT molecular complexity index is 597. The lowest BCUT2D eigenvalue weighted by molar-refractivity contribution is -0.106. The maximum absolute atomic E-state index is 10.9. The topological polar surface area (TPSA) is 40.5 Å². The van der Waals surface area contributed by atoms with Crippen LogP contribution in [-0.4, -0.2) is 15.8 Å². The highest BCUT2D eigenvalue weighted by molar-refractivity contribution is 5.43. The van der Waals surface area contributed by atoms with Crippen LogP contribution in [0.3, 0.4) is 0 Å². The molecule has 2 heteroatoms. The predicted molar refractivity (Wildman–Crippen MR) is 88.3 cm³/mol. The fourth-order valence-electron chi connectivity index (χ4n) is 6.20. The molecule has 4 aliphatic rings. The van der Waals surface area contributed by atoms with Gasteiger partial charge in [0.15, 0.2) is 0 Å². The summed E-state index contributed by atoms with van der Waals surface area (Å²) in [7, 11) is 0. The molecule has 2 fully saturated rings. The Labute approximate surface area is 133 Å². The van der Waals surface area contributed by atoms with Crippen molar-refractivity contribution in [2.24, 2.45) is 28.6 Å². The van der Waals surface area contributed by atoms with Crippen molar-refractivity contribution >= 4 is 0 Å². The maximum atomic E-state index is 10.9. The third-order valence-electron chi connectivity index (χ3n) is 7.91. The molecule has 1 unspecified atom stereocenters. The van der Waals surface area contributed by atoms with Crippen molar-refractivity contribution in [3.63, 3.8) is 0 Å². The minimum absolute atomic E-state index is 0.0604. The average Bonchev–Trinajstić information content (AvgIpc) is 2.70. The lowest BCUT2D eigenvalue weighted by Gasteiger charge is -2.56. The normalized spacial score (nSPS) is 53.2. The first-order chi connectivity index (χ1) is 10.3. The summed E-state index contributed by atoms with van der Waals surface area (Å²) in [4.78, 5) is 0. The van der Waals surface area contributed by atoms with Gasteiger partial charge in [0.25, 0.3) is 0 Å². The molecule has 0 radical (unpaired) electrons. The van der Waals surface area contributed by atoms with Crippen LogP contribution in [-0.2, 0) is 0 Å². The Morgan fingerprint density at radius 1 is 1.09 bits per heavy atom. The van der Waals surface area contributed by atoms with E-state index in [2.05, 4.69) is 32.9 Å². The van der Waals surface area contributed by atoms with E-state index in [0.717, 1.165) is 25.7 Å². The maximum Gasteiger partial charge on any atom is 0.115 e. The molecule has 0 spiro atoms. The van der Waals surface area contributed by atoms with E-state index < -0.39 is 5.60 Å². The van der Waals surface area contributed by atoms with Crippen molar-refractivity contribution in [2.45, 2.75) is 58.5 Å². The monoisotopic (exact) mass is 300 g/mol. The molecule has 6 atom stereocenters. The molecule has 2 nitrogen and oxygen atoms in total. The van der Waals surface area contributed by atoms with Gasteiger partial charge in [0, 0.05) is 5.41 Å². The number of hydrogen-bond acceptors (Lipinski definition) is 2. The van der Waals surface area contributed by atoms with E-state index >= 15 is 0 Å². The standard InChI is InChI=1S/C20H28O2/c1-18-9-6-14(21)12-13(18)4-5-15-16(18)7-10-19(2)17(15)8-11-20(19,3)22/h4,6,9,12,15-17,21-22H,5,7-8,10-11H2,1-3H3/t15-,16-,17+,18+,19+,20?/m1/s1. The van der Waals surface area contributed by atoms with Crippen LogP contribution in [0.2, 0.25) is 0 Å². The molecular formula is C20H28O2. The van der Waals surface area contributed by atoms with Crippen LogP contribution < -0.4 is 0 Å². The lowest BCUT2D eigenvalue weighted by Crippen LogP contribution is -2.52. The first-order valence-electron chi connectivity index (χ1n) is 8.81. The van der Waals surface area contributed by atoms with Crippen molar-refractivity contribution in [2.75, 3.05) is 0 Å². The molecule has 120 valence electrons. The lowest BCUT2D eigenvalue weighted by atomic mass is 9.48. The quantitative estimate of drug-likeness (QED) is 0.690. The number of rotatable bonds is 0. The van der Waals surface area contributed by atoms with E-state index in [0.29, 0.717) is 23.5 Å². The molecule has 0 aromatic carbocycles. The molecule has 0 aromatic rings. The summed E-state index contributed by atoms with van der Waals surface area (Å²) in [6.07, 6.45) is 13.9. The Kier molecular flexibility index (Phi) is 2.84. The van der Waals surface area contributed by atoms with Crippen LogP contribution >= 0.6 is 0 Å². The molecule has 0 saturated heterocycles. The Morgan fingerprint density at radius 3 is 2.59 bits per heavy atom. The van der Waals surface area contributed by atoms with Gasteiger partial charge in [0.05, 0.1) is 5.60 Å². The molecular weight excluding hydrogens is 272 g/mol. The highest BCUT2D eigenvalue weighted by atomic mass is 16.3. The predicted octanol–water partition coefficient (Wildman–Crippen LogP) is 4.53. The molecule has 0 aromatic heterocycles. The third kappa shape index (κ3) is 1.65. The van der Waals surface area contributed by atoms with Crippen molar-refractivity contribution in [3.8, 4) is 0 Å². The van der Waals surface area contributed by atoms with Gasteiger partial charge in [-0.15, -0.1) is 0 Å². The molecule has 0 amide bonds. The first-order valence-corrected chi connectivity index (χ1v) is 8.81. The summed E-state index contributed by atoms with van der Waals surface area (Å²) in [6, 6.07) is 0. The Balaban J connectivity index is 1.74. The number of allylic oxidation sites excluding steroid dienone is 5. The van der Waals surface area contributed by atoms with Gasteiger partial charge >= 0.3 is 0 Å². The zero-order valence-electron chi connectivity index (χ0n) is 14.0. The van der Waals surface area contributed by atoms with E-state index in [-0.39, 0.29) is 10.8 Å². The van der Waals surface area contributed by atoms with Crippen LogP contribution in [0.4, 0.5) is 0 Å². The smallest absolute Gasteiger partial charge is 0.115 e. The second-order valence-corrected chi connectivity index (χ2v) is 8.73. The number of aliphatic hydroxyl groups is 2. The van der Waals surface area contributed by atoms with Gasteiger partial charge in [-0.3, -0.25) is 0 Å². The largest absolute Gasteiger partial charge is 0.508 e. The Morgan fingerprint density at radius 2 is 1.82 bits per heavy atom. The molecule has 0 heterocycles. The zero-order chi connectivity index (χ0) is 15.8. The van der Waals surface area contributed by atoms with Crippen LogP contribution in [0, 0.1) is 28.6 Å². The molecule has 2 saturated carbocycles. The SMILES string of the molecule is CC1(O)CC[C@H]2[C@@H]3CC=C4C=C(O)C=C[C@]4(C)[C@@H]3CC[C@@]21C. The zero-order valence-corrected chi connectivity index (χ0v) is 14.0. The van der Waals surface area contributed by atoms with Gasteiger partial charge in [-0.1, -0.05) is 26.0 Å². The highest BCUT2D eigenvalue weighted by Crippen LogP contribution is 2.66. The van der Waals surface area contributed by atoms with Crippen LogP contribution in [0.1, 0.15) is 52.9 Å².